The molecule has 1 aromatic heterocycles. The molecule has 3 heterocycles. The minimum Gasteiger partial charge on any atom is -0.378 e. The Bertz CT molecular complexity index is 846. The van der Waals surface area contributed by atoms with Crippen LogP contribution in [0.15, 0.2) is 36.4 Å². The van der Waals surface area contributed by atoms with Crippen molar-refractivity contribution in [1.82, 2.24) is 4.98 Å². The van der Waals surface area contributed by atoms with E-state index in [1.54, 1.807) is 6.07 Å². The van der Waals surface area contributed by atoms with Gasteiger partial charge in [-0.2, -0.15) is 0 Å². The first-order valence-corrected chi connectivity index (χ1v) is 9.96. The number of ether oxygens (including phenoxy) is 1. The van der Waals surface area contributed by atoms with Crippen molar-refractivity contribution >= 4 is 28.7 Å². The maximum Gasteiger partial charge on any atom is 0.311 e. The Morgan fingerprint density at radius 3 is 2.38 bits per heavy atom. The highest BCUT2D eigenvalue weighted by Gasteiger charge is 2.22. The quantitative estimate of drug-likeness (QED) is 0.584. The number of nitro groups is 1. The summed E-state index contributed by atoms with van der Waals surface area (Å²) in [6.07, 6.45) is 1.79. The third-order valence-electron chi connectivity index (χ3n) is 5.43. The predicted molar refractivity (Wildman–Crippen MR) is 113 cm³/mol. The lowest BCUT2D eigenvalue weighted by Crippen LogP contribution is -2.40. The van der Waals surface area contributed by atoms with E-state index in [-0.39, 0.29) is 17.5 Å². The molecule has 0 spiro atoms. The molecule has 4 rings (SSSR count). The molecule has 2 aliphatic heterocycles. The molecular weight excluding hydrogens is 372 g/mol. The maximum atomic E-state index is 11.5. The second-order valence-electron chi connectivity index (χ2n) is 7.39. The monoisotopic (exact) mass is 398 g/mol. The largest absolute Gasteiger partial charge is 0.378 e. The van der Waals surface area contributed by atoms with Crippen LogP contribution < -0.4 is 20.9 Å². The maximum absolute atomic E-state index is 11.5. The molecule has 0 aliphatic carbocycles. The number of nitrogens with one attached hydrogen (secondary N) is 1. The number of rotatable bonds is 5. The standard InChI is InChI=1S/C20H26N6O3/c21-15-7-9-25(10-8-15)19-6-5-18(26(27)28)20(23-19)22-16-1-3-17(4-2-16)24-11-13-29-14-12-24/h1-6,15H,7-14,21H2,(H,22,23). The molecule has 2 aromatic rings. The van der Waals surface area contributed by atoms with Crippen LogP contribution in [0.2, 0.25) is 0 Å². The molecule has 0 bridgehead atoms. The summed E-state index contributed by atoms with van der Waals surface area (Å²) in [6.45, 7) is 4.79. The highest BCUT2D eigenvalue weighted by Crippen LogP contribution is 2.30. The molecule has 2 fully saturated rings. The summed E-state index contributed by atoms with van der Waals surface area (Å²) in [5.41, 5.74) is 7.81. The van der Waals surface area contributed by atoms with E-state index >= 15 is 0 Å². The number of pyridine rings is 1. The normalized spacial score (nSPS) is 18.0. The molecule has 29 heavy (non-hydrogen) atoms. The lowest BCUT2D eigenvalue weighted by atomic mass is 10.1. The van der Waals surface area contributed by atoms with Gasteiger partial charge in [-0.3, -0.25) is 10.1 Å². The topological polar surface area (TPSA) is 110 Å². The Labute approximate surface area is 169 Å². The predicted octanol–water partition coefficient (Wildman–Crippen LogP) is 2.50. The van der Waals surface area contributed by atoms with E-state index in [4.69, 9.17) is 10.5 Å². The van der Waals surface area contributed by atoms with E-state index in [0.717, 1.165) is 69.4 Å². The van der Waals surface area contributed by atoms with Gasteiger partial charge in [0.25, 0.3) is 0 Å². The molecule has 2 saturated heterocycles. The van der Waals surface area contributed by atoms with Crippen molar-refractivity contribution in [2.45, 2.75) is 18.9 Å². The number of anilines is 4. The zero-order chi connectivity index (χ0) is 20.2. The molecule has 9 heteroatoms. The second-order valence-corrected chi connectivity index (χ2v) is 7.39. The fourth-order valence-electron chi connectivity index (χ4n) is 3.70. The second kappa shape index (κ2) is 8.62. The van der Waals surface area contributed by atoms with Gasteiger partial charge in [-0.25, -0.2) is 4.98 Å². The first-order valence-electron chi connectivity index (χ1n) is 9.96. The smallest absolute Gasteiger partial charge is 0.311 e. The highest BCUT2D eigenvalue weighted by molar-refractivity contribution is 5.69. The summed E-state index contributed by atoms with van der Waals surface area (Å²) >= 11 is 0. The van der Waals surface area contributed by atoms with Crippen LogP contribution in [0.5, 0.6) is 0 Å². The van der Waals surface area contributed by atoms with Crippen LogP contribution in [0, 0.1) is 10.1 Å². The van der Waals surface area contributed by atoms with Crippen molar-refractivity contribution in [2.24, 2.45) is 5.73 Å². The van der Waals surface area contributed by atoms with Gasteiger partial charge in [-0.1, -0.05) is 0 Å². The van der Waals surface area contributed by atoms with E-state index in [2.05, 4.69) is 20.1 Å². The molecule has 0 atom stereocenters. The minimum absolute atomic E-state index is 0.0419. The molecule has 154 valence electrons. The van der Waals surface area contributed by atoms with Gasteiger partial charge in [-0.15, -0.1) is 0 Å². The van der Waals surface area contributed by atoms with Crippen molar-refractivity contribution in [3.63, 3.8) is 0 Å². The Kier molecular flexibility index (Phi) is 5.77. The third-order valence-corrected chi connectivity index (χ3v) is 5.43. The van der Waals surface area contributed by atoms with Gasteiger partial charge >= 0.3 is 5.69 Å². The molecule has 0 unspecified atom stereocenters. The number of hydrogen-bond donors (Lipinski definition) is 2. The van der Waals surface area contributed by atoms with Gasteiger partial charge in [0, 0.05) is 49.7 Å². The van der Waals surface area contributed by atoms with Gasteiger partial charge < -0.3 is 25.6 Å². The molecule has 1 aromatic carbocycles. The van der Waals surface area contributed by atoms with Crippen LogP contribution in [-0.2, 0) is 4.74 Å². The van der Waals surface area contributed by atoms with Crippen LogP contribution in [0.3, 0.4) is 0 Å². The zero-order valence-corrected chi connectivity index (χ0v) is 16.3. The first kappa shape index (κ1) is 19.4. The van der Waals surface area contributed by atoms with Crippen molar-refractivity contribution < 1.29 is 9.66 Å². The fraction of sp³-hybridized carbons (Fsp3) is 0.450. The number of benzene rings is 1. The van der Waals surface area contributed by atoms with Gasteiger partial charge in [0.2, 0.25) is 5.82 Å². The molecule has 9 nitrogen and oxygen atoms in total. The lowest BCUT2D eigenvalue weighted by molar-refractivity contribution is -0.384. The summed E-state index contributed by atoms with van der Waals surface area (Å²) in [5.74, 6) is 0.983. The summed E-state index contributed by atoms with van der Waals surface area (Å²) in [6, 6.07) is 11.3. The van der Waals surface area contributed by atoms with Crippen LogP contribution in [0.1, 0.15) is 12.8 Å². The molecule has 0 saturated carbocycles. The third kappa shape index (κ3) is 4.57. The Morgan fingerprint density at radius 2 is 1.72 bits per heavy atom. The molecule has 0 amide bonds. The van der Waals surface area contributed by atoms with E-state index in [0.29, 0.717) is 0 Å². The molecule has 3 N–H and O–H groups in total. The Morgan fingerprint density at radius 1 is 1.03 bits per heavy atom. The van der Waals surface area contributed by atoms with E-state index in [1.807, 2.05) is 24.3 Å². The van der Waals surface area contributed by atoms with Crippen molar-refractivity contribution in [3.05, 3.63) is 46.5 Å². The number of piperidine rings is 1. The Hall–Kier alpha value is -2.91. The lowest BCUT2D eigenvalue weighted by Gasteiger charge is -2.31. The van der Waals surface area contributed by atoms with E-state index in [9.17, 15) is 10.1 Å². The number of morpholine rings is 1. The average molecular weight is 398 g/mol. The van der Waals surface area contributed by atoms with Crippen LogP contribution >= 0.6 is 0 Å². The van der Waals surface area contributed by atoms with Crippen LogP contribution in [-0.4, -0.2) is 55.3 Å². The van der Waals surface area contributed by atoms with Crippen molar-refractivity contribution in [3.8, 4) is 0 Å². The van der Waals surface area contributed by atoms with Crippen LogP contribution in [0.25, 0.3) is 0 Å². The molecule has 0 radical (unpaired) electrons. The van der Waals surface area contributed by atoms with Crippen LogP contribution in [0.4, 0.5) is 28.7 Å². The zero-order valence-electron chi connectivity index (χ0n) is 16.3. The molecular formula is C20H26N6O3. The van der Waals surface area contributed by atoms with E-state index < -0.39 is 4.92 Å². The number of hydrogen-bond acceptors (Lipinski definition) is 8. The average Bonchev–Trinajstić information content (AvgIpc) is 2.75. The van der Waals surface area contributed by atoms with Crippen molar-refractivity contribution in [1.29, 1.82) is 0 Å². The van der Waals surface area contributed by atoms with Crippen molar-refractivity contribution in [2.75, 3.05) is 54.5 Å². The number of aromatic nitrogens is 1. The Balaban J connectivity index is 1.53. The van der Waals surface area contributed by atoms with Gasteiger partial charge in [0.15, 0.2) is 0 Å². The van der Waals surface area contributed by atoms with Gasteiger partial charge in [0.05, 0.1) is 18.1 Å². The van der Waals surface area contributed by atoms with E-state index in [1.165, 1.54) is 6.07 Å². The first-order chi connectivity index (χ1) is 14.1. The summed E-state index contributed by atoms with van der Waals surface area (Å²) in [5, 5.41) is 14.6. The minimum atomic E-state index is -0.409. The molecule has 2 aliphatic rings. The summed E-state index contributed by atoms with van der Waals surface area (Å²) in [4.78, 5) is 20.0. The number of nitrogens with zero attached hydrogens (tertiary/aromatic N) is 4. The summed E-state index contributed by atoms with van der Waals surface area (Å²) < 4.78 is 5.39. The van der Waals surface area contributed by atoms with Gasteiger partial charge in [-0.05, 0) is 43.2 Å². The SMILES string of the molecule is NC1CCN(c2ccc([N+](=O)[O-])c(Nc3ccc(N4CCOCC4)cc3)n2)CC1. The highest BCUT2D eigenvalue weighted by atomic mass is 16.6. The fourth-order valence-corrected chi connectivity index (χ4v) is 3.70. The summed E-state index contributed by atoms with van der Waals surface area (Å²) in [7, 11) is 0. The van der Waals surface area contributed by atoms with Gasteiger partial charge in [0.1, 0.15) is 5.82 Å². The number of nitrogens with two attached hydrogens (primary N) is 1.